The molecule has 0 saturated carbocycles. The largest absolute Gasteiger partial charge is 0.483 e. The van der Waals surface area contributed by atoms with Crippen molar-refractivity contribution in [3.8, 4) is 5.75 Å². The van der Waals surface area contributed by atoms with Crippen LogP contribution < -0.4 is 15.8 Å². The van der Waals surface area contributed by atoms with Gasteiger partial charge >= 0.3 is 0 Å². The van der Waals surface area contributed by atoms with Gasteiger partial charge in [-0.15, -0.1) is 0 Å². The number of rotatable bonds is 11. The number of hydrogen-bond acceptors (Lipinski definition) is 6. The van der Waals surface area contributed by atoms with Gasteiger partial charge in [0.2, 0.25) is 0 Å². The van der Waals surface area contributed by atoms with Crippen molar-refractivity contribution in [1.29, 1.82) is 0 Å². The molecule has 0 radical (unpaired) electrons. The number of oxime groups is 1. The first-order chi connectivity index (χ1) is 16.4. The highest BCUT2D eigenvalue weighted by atomic mass is 16.6. The number of carbonyl (C=O) groups is 3. The van der Waals surface area contributed by atoms with Gasteiger partial charge in [0.25, 0.3) is 11.8 Å². The van der Waals surface area contributed by atoms with Crippen LogP contribution in [0, 0.1) is 0 Å². The lowest BCUT2D eigenvalue weighted by molar-refractivity contribution is -0.125. The predicted octanol–water partition coefficient (Wildman–Crippen LogP) is 2.17. The van der Waals surface area contributed by atoms with Crippen LogP contribution in [0.5, 0.6) is 5.75 Å². The molecule has 0 saturated heterocycles. The molecule has 178 valence electrons. The quantitative estimate of drug-likeness (QED) is 0.332. The average molecular weight is 465 g/mol. The Hall–Kier alpha value is -4.14. The monoisotopic (exact) mass is 464 g/mol. The standard InChI is InChI=1S/C25H28N4O5/c1-4-18-23(24(25(26)32)28-33-3)22-19(29(18)14-17-9-6-5-7-10-17)11-8-12-20(22)34-15-21(31)27-13-16(2)30/h5-12H,4,13-15H2,1-3H3,(H2,26,32)(H,27,31). The van der Waals surface area contributed by atoms with Crippen LogP contribution in [0.2, 0.25) is 0 Å². The summed E-state index contributed by atoms with van der Waals surface area (Å²) in [7, 11) is 1.34. The Bertz CT molecular complexity index is 1230. The summed E-state index contributed by atoms with van der Waals surface area (Å²) in [5.41, 5.74) is 8.83. The number of aromatic nitrogens is 1. The van der Waals surface area contributed by atoms with Crippen molar-refractivity contribution in [2.45, 2.75) is 26.8 Å². The number of nitrogens with one attached hydrogen (secondary N) is 1. The Morgan fingerprint density at radius 2 is 1.82 bits per heavy atom. The second kappa shape index (κ2) is 11.1. The van der Waals surface area contributed by atoms with Crippen molar-refractivity contribution in [1.82, 2.24) is 9.88 Å². The molecule has 3 N–H and O–H groups in total. The lowest BCUT2D eigenvalue weighted by Gasteiger charge is -2.11. The van der Waals surface area contributed by atoms with Crippen molar-refractivity contribution in [2.24, 2.45) is 10.9 Å². The molecule has 2 amide bonds. The highest BCUT2D eigenvalue weighted by molar-refractivity contribution is 6.47. The molecule has 0 atom stereocenters. The van der Waals surface area contributed by atoms with E-state index in [9.17, 15) is 14.4 Å². The molecule has 0 bridgehead atoms. The predicted molar refractivity (Wildman–Crippen MR) is 129 cm³/mol. The first kappa shape index (κ1) is 24.5. The molecular formula is C25H28N4O5. The summed E-state index contributed by atoms with van der Waals surface area (Å²) < 4.78 is 7.92. The molecule has 9 nitrogen and oxygen atoms in total. The molecule has 1 heterocycles. The van der Waals surface area contributed by atoms with Crippen LogP contribution in [0.4, 0.5) is 0 Å². The number of fused-ring (bicyclic) bond motifs is 1. The minimum Gasteiger partial charge on any atom is -0.483 e. The van der Waals surface area contributed by atoms with Crippen molar-refractivity contribution in [3.63, 3.8) is 0 Å². The van der Waals surface area contributed by atoms with E-state index < -0.39 is 11.8 Å². The van der Waals surface area contributed by atoms with Crippen LogP contribution in [0.25, 0.3) is 10.9 Å². The van der Waals surface area contributed by atoms with E-state index in [1.807, 2.05) is 49.4 Å². The van der Waals surface area contributed by atoms with Gasteiger partial charge in [0.05, 0.1) is 17.4 Å². The summed E-state index contributed by atoms with van der Waals surface area (Å²) in [5, 5.41) is 7.02. The lowest BCUT2D eigenvalue weighted by atomic mass is 10.0. The maximum Gasteiger partial charge on any atom is 0.271 e. The molecule has 9 heteroatoms. The fourth-order valence-electron chi connectivity index (χ4n) is 3.83. The second-order valence-corrected chi connectivity index (χ2v) is 7.65. The summed E-state index contributed by atoms with van der Waals surface area (Å²) in [4.78, 5) is 40.6. The number of amides is 2. The zero-order chi connectivity index (χ0) is 24.7. The minimum absolute atomic E-state index is 0.0340. The molecule has 3 aromatic rings. The van der Waals surface area contributed by atoms with Crippen LogP contribution in [0.15, 0.2) is 53.7 Å². The number of ether oxygens (including phenoxy) is 1. The van der Waals surface area contributed by atoms with E-state index in [1.165, 1.54) is 14.0 Å². The number of hydrogen-bond donors (Lipinski definition) is 2. The van der Waals surface area contributed by atoms with E-state index in [2.05, 4.69) is 15.0 Å². The zero-order valence-corrected chi connectivity index (χ0v) is 19.5. The Morgan fingerprint density at radius 3 is 2.44 bits per heavy atom. The molecule has 0 fully saturated rings. The normalized spacial score (nSPS) is 11.3. The second-order valence-electron chi connectivity index (χ2n) is 7.65. The number of ketones is 1. The summed E-state index contributed by atoms with van der Waals surface area (Å²) in [5.74, 6) is -0.958. The Balaban J connectivity index is 2.17. The van der Waals surface area contributed by atoms with Gasteiger partial charge < -0.3 is 25.2 Å². The van der Waals surface area contributed by atoms with Crippen LogP contribution in [0.3, 0.4) is 0 Å². The smallest absolute Gasteiger partial charge is 0.271 e. The SMILES string of the molecule is CCc1c(C(=NOC)C(N)=O)c2c(OCC(=O)NCC(C)=O)cccc2n1Cc1ccccc1. The molecule has 0 aliphatic heterocycles. The van der Waals surface area contributed by atoms with Gasteiger partial charge in [-0.05, 0) is 31.0 Å². The van der Waals surface area contributed by atoms with Gasteiger partial charge in [-0.25, -0.2) is 0 Å². The maximum atomic E-state index is 12.4. The average Bonchev–Trinajstić information content (AvgIpc) is 3.13. The fraction of sp³-hybridized carbons (Fsp3) is 0.280. The third-order valence-corrected chi connectivity index (χ3v) is 5.22. The Labute approximate surface area is 197 Å². The van der Waals surface area contributed by atoms with Crippen molar-refractivity contribution >= 4 is 34.2 Å². The van der Waals surface area contributed by atoms with Gasteiger partial charge in [-0.2, -0.15) is 0 Å². The highest BCUT2D eigenvalue weighted by Gasteiger charge is 2.26. The Kier molecular flexibility index (Phi) is 8.02. The van der Waals surface area contributed by atoms with E-state index in [1.54, 1.807) is 6.07 Å². The van der Waals surface area contributed by atoms with E-state index in [4.69, 9.17) is 15.3 Å². The van der Waals surface area contributed by atoms with Crippen LogP contribution in [-0.4, -0.2) is 48.1 Å². The molecule has 2 aromatic carbocycles. The maximum absolute atomic E-state index is 12.4. The number of Topliss-reactive ketones (excluding diaryl/α,β-unsaturated/α-hetero) is 1. The Morgan fingerprint density at radius 1 is 1.09 bits per heavy atom. The van der Waals surface area contributed by atoms with Gasteiger partial charge in [-0.3, -0.25) is 14.4 Å². The van der Waals surface area contributed by atoms with E-state index in [0.717, 1.165) is 16.8 Å². The zero-order valence-electron chi connectivity index (χ0n) is 19.5. The first-order valence-electron chi connectivity index (χ1n) is 10.9. The molecular weight excluding hydrogens is 436 g/mol. The summed E-state index contributed by atoms with van der Waals surface area (Å²) in [6.45, 7) is 3.53. The van der Waals surface area contributed by atoms with Crippen LogP contribution >= 0.6 is 0 Å². The number of nitrogens with zero attached hydrogens (tertiary/aromatic N) is 2. The molecule has 0 aliphatic carbocycles. The van der Waals surface area contributed by atoms with Crippen molar-refractivity contribution in [2.75, 3.05) is 20.3 Å². The number of carbonyl (C=O) groups excluding carboxylic acids is 3. The van der Waals surface area contributed by atoms with E-state index in [0.29, 0.717) is 29.7 Å². The van der Waals surface area contributed by atoms with Gasteiger partial charge in [0, 0.05) is 17.8 Å². The molecule has 0 aliphatic rings. The van der Waals surface area contributed by atoms with Crippen LogP contribution in [-0.2, 0) is 32.2 Å². The van der Waals surface area contributed by atoms with E-state index >= 15 is 0 Å². The molecule has 0 spiro atoms. The highest BCUT2D eigenvalue weighted by Crippen LogP contribution is 2.35. The number of primary amides is 1. The fourth-order valence-corrected chi connectivity index (χ4v) is 3.83. The number of nitrogens with two attached hydrogens (primary N) is 1. The third-order valence-electron chi connectivity index (χ3n) is 5.22. The molecule has 3 rings (SSSR count). The topological polar surface area (TPSA) is 125 Å². The molecule has 0 unspecified atom stereocenters. The minimum atomic E-state index is -0.746. The third kappa shape index (κ3) is 5.43. The summed E-state index contributed by atoms with van der Waals surface area (Å²) in [6.07, 6.45) is 0.575. The number of benzene rings is 2. The van der Waals surface area contributed by atoms with Gasteiger partial charge in [0.15, 0.2) is 12.3 Å². The first-order valence-corrected chi connectivity index (χ1v) is 10.9. The summed E-state index contributed by atoms with van der Waals surface area (Å²) in [6, 6.07) is 15.3. The van der Waals surface area contributed by atoms with Gasteiger partial charge in [0.1, 0.15) is 18.6 Å². The lowest BCUT2D eigenvalue weighted by Crippen LogP contribution is -2.32. The van der Waals surface area contributed by atoms with Crippen LogP contribution in [0.1, 0.15) is 30.7 Å². The summed E-state index contributed by atoms with van der Waals surface area (Å²) >= 11 is 0. The van der Waals surface area contributed by atoms with E-state index in [-0.39, 0.29) is 24.6 Å². The van der Waals surface area contributed by atoms with Crippen molar-refractivity contribution in [3.05, 3.63) is 65.4 Å². The van der Waals surface area contributed by atoms with Gasteiger partial charge in [-0.1, -0.05) is 48.5 Å². The molecule has 34 heavy (non-hydrogen) atoms. The molecule has 1 aromatic heterocycles. The van der Waals surface area contributed by atoms with Crippen molar-refractivity contribution < 1.29 is 24.0 Å².